The Kier molecular flexibility index (Phi) is 5.32. The van der Waals surface area contributed by atoms with Crippen molar-refractivity contribution in [3.8, 4) is 5.75 Å². The van der Waals surface area contributed by atoms with E-state index in [1.54, 1.807) is 14.0 Å². The summed E-state index contributed by atoms with van der Waals surface area (Å²) in [6, 6.07) is 7.43. The van der Waals surface area contributed by atoms with E-state index in [4.69, 9.17) is 9.47 Å². The van der Waals surface area contributed by atoms with E-state index in [-0.39, 0.29) is 0 Å². The summed E-state index contributed by atoms with van der Waals surface area (Å²) in [6.07, 6.45) is 3.44. The second-order valence-corrected chi connectivity index (χ2v) is 8.82. The summed E-state index contributed by atoms with van der Waals surface area (Å²) in [6.45, 7) is 1.57. The molecule has 1 aromatic carbocycles. The summed E-state index contributed by atoms with van der Waals surface area (Å²) in [4.78, 5) is 31.1. The van der Waals surface area contributed by atoms with Crippen molar-refractivity contribution in [2.75, 3.05) is 12.4 Å². The van der Waals surface area contributed by atoms with Crippen LogP contribution in [0.25, 0.3) is 10.2 Å². The summed E-state index contributed by atoms with van der Waals surface area (Å²) in [5, 5.41) is 3.19. The molecule has 1 unspecified atom stereocenters. The lowest BCUT2D eigenvalue weighted by atomic mass is 9.99. The number of methoxy groups -OCH3 is 1. The van der Waals surface area contributed by atoms with Gasteiger partial charge >= 0.3 is 5.97 Å². The van der Waals surface area contributed by atoms with Gasteiger partial charge in [-0.1, -0.05) is 11.3 Å². The molecule has 0 saturated heterocycles. The minimum absolute atomic E-state index is 0.402. The predicted octanol–water partition coefficient (Wildman–Crippen LogP) is 4.43. The number of benzene rings is 1. The Balaban J connectivity index is 1.40. The Morgan fingerprint density at radius 3 is 2.79 bits per heavy atom. The topological polar surface area (TPSA) is 77.5 Å². The molecule has 0 bridgehead atoms. The number of hydrogen-bond acceptors (Lipinski definition) is 7. The third kappa shape index (κ3) is 3.88. The van der Waals surface area contributed by atoms with Crippen LogP contribution in [0.4, 0.5) is 5.13 Å². The van der Waals surface area contributed by atoms with E-state index in [0.29, 0.717) is 10.0 Å². The lowest BCUT2D eigenvalue weighted by molar-refractivity contribution is -0.123. The molecule has 0 fully saturated rings. The summed E-state index contributed by atoms with van der Waals surface area (Å²) >= 11 is 2.82. The number of aryl methyl sites for hydroxylation is 2. The van der Waals surface area contributed by atoms with Gasteiger partial charge in [0.1, 0.15) is 10.6 Å². The van der Waals surface area contributed by atoms with E-state index >= 15 is 0 Å². The summed E-state index contributed by atoms with van der Waals surface area (Å²) in [5.41, 5.74) is 2.01. The third-order valence-corrected chi connectivity index (χ3v) is 6.83. The molecule has 4 rings (SSSR count). The van der Waals surface area contributed by atoms with Gasteiger partial charge in [-0.15, -0.1) is 11.3 Å². The van der Waals surface area contributed by atoms with Gasteiger partial charge in [0.15, 0.2) is 11.2 Å². The minimum atomic E-state index is -0.909. The quantitative estimate of drug-likeness (QED) is 0.623. The third-order valence-electron chi connectivity index (χ3n) is 4.68. The Morgan fingerprint density at radius 1 is 1.18 bits per heavy atom. The van der Waals surface area contributed by atoms with Crippen molar-refractivity contribution < 1.29 is 19.1 Å². The highest BCUT2D eigenvalue weighted by Gasteiger charge is 2.23. The molecular formula is C20H20N2O4S2. The van der Waals surface area contributed by atoms with Crippen molar-refractivity contribution in [3.63, 3.8) is 0 Å². The molecule has 2 aromatic heterocycles. The molecular weight excluding hydrogens is 396 g/mol. The number of fused-ring (bicyclic) bond motifs is 2. The van der Waals surface area contributed by atoms with Crippen molar-refractivity contribution in [1.82, 2.24) is 4.98 Å². The summed E-state index contributed by atoms with van der Waals surface area (Å²) in [7, 11) is 1.60. The number of thiophene rings is 1. The van der Waals surface area contributed by atoms with Crippen LogP contribution >= 0.6 is 22.7 Å². The smallest absolute Gasteiger partial charge is 0.349 e. The molecule has 0 spiro atoms. The van der Waals surface area contributed by atoms with Gasteiger partial charge in [0.2, 0.25) is 0 Å². The second kappa shape index (κ2) is 7.89. The number of rotatable bonds is 5. The first kappa shape index (κ1) is 18.9. The molecule has 0 saturated carbocycles. The number of thiazole rings is 1. The fraction of sp³-hybridized carbons (Fsp3) is 0.350. The lowest BCUT2D eigenvalue weighted by Crippen LogP contribution is -2.29. The normalized spacial score (nSPS) is 14.4. The average molecular weight is 417 g/mol. The zero-order valence-corrected chi connectivity index (χ0v) is 17.2. The Labute approximate surface area is 170 Å². The van der Waals surface area contributed by atoms with Gasteiger partial charge in [0.05, 0.1) is 17.3 Å². The molecule has 146 valence electrons. The number of nitrogens with zero attached hydrogens (tertiary/aromatic N) is 1. The first-order chi connectivity index (χ1) is 13.5. The van der Waals surface area contributed by atoms with Crippen LogP contribution in [-0.4, -0.2) is 30.1 Å². The van der Waals surface area contributed by atoms with Crippen LogP contribution in [-0.2, 0) is 22.4 Å². The first-order valence-electron chi connectivity index (χ1n) is 9.11. The zero-order valence-electron chi connectivity index (χ0n) is 15.6. The molecule has 1 amide bonds. The van der Waals surface area contributed by atoms with Crippen LogP contribution < -0.4 is 10.1 Å². The number of anilines is 1. The molecule has 3 aromatic rings. The van der Waals surface area contributed by atoms with Gasteiger partial charge in [-0.25, -0.2) is 9.78 Å². The molecule has 1 aliphatic rings. The second-order valence-electron chi connectivity index (χ2n) is 6.66. The Morgan fingerprint density at radius 2 is 2.00 bits per heavy atom. The van der Waals surface area contributed by atoms with Crippen LogP contribution in [0, 0.1) is 0 Å². The van der Waals surface area contributed by atoms with E-state index in [0.717, 1.165) is 41.6 Å². The SMILES string of the molecule is COc1ccc2nc(NC(=O)C(C)OC(=O)c3cc4c(s3)CCCC4)sc2c1. The monoisotopic (exact) mass is 416 g/mol. The fourth-order valence-electron chi connectivity index (χ4n) is 3.16. The highest BCUT2D eigenvalue weighted by Crippen LogP contribution is 2.31. The maximum absolute atomic E-state index is 12.4. The molecule has 1 atom stereocenters. The molecule has 6 nitrogen and oxygen atoms in total. The van der Waals surface area contributed by atoms with Gasteiger partial charge < -0.3 is 9.47 Å². The van der Waals surface area contributed by atoms with Crippen LogP contribution in [0.5, 0.6) is 5.75 Å². The van der Waals surface area contributed by atoms with Gasteiger partial charge in [-0.2, -0.15) is 0 Å². The van der Waals surface area contributed by atoms with Crippen LogP contribution in [0.15, 0.2) is 24.3 Å². The number of carbonyl (C=O) groups is 2. The first-order valence-corrected chi connectivity index (χ1v) is 10.7. The number of ether oxygens (including phenoxy) is 2. The molecule has 1 aliphatic carbocycles. The number of esters is 1. The van der Waals surface area contributed by atoms with E-state index in [1.165, 1.54) is 33.1 Å². The molecule has 28 heavy (non-hydrogen) atoms. The van der Waals surface area contributed by atoms with Crippen LogP contribution in [0.2, 0.25) is 0 Å². The van der Waals surface area contributed by atoms with Crippen LogP contribution in [0.3, 0.4) is 0 Å². The molecule has 0 radical (unpaired) electrons. The van der Waals surface area contributed by atoms with E-state index in [2.05, 4.69) is 10.3 Å². The number of carbonyl (C=O) groups excluding carboxylic acids is 2. The maximum Gasteiger partial charge on any atom is 0.349 e. The maximum atomic E-state index is 12.4. The number of aromatic nitrogens is 1. The molecule has 1 N–H and O–H groups in total. The molecule has 2 heterocycles. The van der Waals surface area contributed by atoms with E-state index in [9.17, 15) is 9.59 Å². The van der Waals surface area contributed by atoms with Gasteiger partial charge in [0, 0.05) is 4.88 Å². The van der Waals surface area contributed by atoms with E-state index in [1.807, 2.05) is 24.3 Å². The standard InChI is InChI=1S/C20H20N2O4S2/c1-11(26-19(24)17-9-12-5-3-4-6-15(12)27-17)18(23)22-20-21-14-8-7-13(25-2)10-16(14)28-20/h7-11H,3-6H2,1-2H3,(H,21,22,23). The Bertz CT molecular complexity index is 1020. The fourth-order valence-corrected chi connectivity index (χ4v) is 5.19. The predicted molar refractivity (Wildman–Crippen MR) is 111 cm³/mol. The van der Waals surface area contributed by atoms with Crippen molar-refractivity contribution in [2.45, 2.75) is 38.7 Å². The number of hydrogen-bond donors (Lipinski definition) is 1. The van der Waals surface area contributed by atoms with Crippen molar-refractivity contribution in [2.24, 2.45) is 0 Å². The summed E-state index contributed by atoms with van der Waals surface area (Å²) < 4.78 is 11.5. The van der Waals surface area contributed by atoms with Gasteiger partial charge in [-0.3, -0.25) is 10.1 Å². The van der Waals surface area contributed by atoms with Gasteiger partial charge in [0.25, 0.3) is 5.91 Å². The number of nitrogens with one attached hydrogen (secondary N) is 1. The molecule has 0 aliphatic heterocycles. The van der Waals surface area contributed by atoms with Crippen LogP contribution in [0.1, 0.15) is 39.9 Å². The highest BCUT2D eigenvalue weighted by molar-refractivity contribution is 7.22. The molecule has 8 heteroatoms. The van der Waals surface area contributed by atoms with E-state index < -0.39 is 18.0 Å². The largest absolute Gasteiger partial charge is 0.497 e. The zero-order chi connectivity index (χ0) is 19.7. The van der Waals surface area contributed by atoms with Crippen molar-refractivity contribution in [1.29, 1.82) is 0 Å². The summed E-state index contributed by atoms with van der Waals surface area (Å²) in [5.74, 6) is -0.119. The minimum Gasteiger partial charge on any atom is -0.497 e. The van der Waals surface area contributed by atoms with Crippen molar-refractivity contribution >= 4 is 49.9 Å². The average Bonchev–Trinajstić information content (AvgIpc) is 3.30. The highest BCUT2D eigenvalue weighted by atomic mass is 32.1. The number of amides is 1. The van der Waals surface area contributed by atoms with Gasteiger partial charge in [-0.05, 0) is 62.4 Å². The Hall–Kier alpha value is -2.45. The van der Waals surface area contributed by atoms with Crippen molar-refractivity contribution in [3.05, 3.63) is 39.6 Å². The lowest BCUT2D eigenvalue weighted by Gasteiger charge is -2.11.